The van der Waals surface area contributed by atoms with Crippen molar-refractivity contribution in [3.05, 3.63) is 83.9 Å². The Kier molecular flexibility index (Phi) is 7.87. The van der Waals surface area contributed by atoms with E-state index in [2.05, 4.69) is 49.6 Å². The van der Waals surface area contributed by atoms with Gasteiger partial charge < -0.3 is 14.1 Å². The second kappa shape index (κ2) is 11.3. The second-order valence-corrected chi connectivity index (χ2v) is 20.4. The highest BCUT2D eigenvalue weighted by Crippen LogP contribution is 2.53. The fraction of sp³-hybridized carbons (Fsp3) is 0.395. The fourth-order valence-electron chi connectivity index (χ4n) is 6.31. The van der Waals surface area contributed by atoms with Crippen LogP contribution in [0.25, 0.3) is 38.6 Å². The Bertz CT molecular complexity index is 2010. The summed E-state index contributed by atoms with van der Waals surface area (Å²) < 4.78 is 25.0. The largest absolute Gasteiger partial charge is 0.478 e. The van der Waals surface area contributed by atoms with Crippen LogP contribution in [0.2, 0.25) is 18.1 Å². The molecule has 1 aliphatic carbocycles. The molecular weight excluding hydrogens is 610 g/mol. The van der Waals surface area contributed by atoms with Crippen molar-refractivity contribution >= 4 is 42.0 Å². The first-order chi connectivity index (χ1) is 21.9. The Morgan fingerprint density at radius 2 is 1.60 bits per heavy atom. The zero-order chi connectivity index (χ0) is 34.1. The van der Waals surface area contributed by atoms with Crippen LogP contribution in [-0.4, -0.2) is 46.3 Å². The molecule has 1 aliphatic rings. The summed E-state index contributed by atoms with van der Waals surface area (Å²) in [7, 11) is -2.13. The van der Waals surface area contributed by atoms with E-state index in [1.54, 1.807) is 30.5 Å². The van der Waals surface area contributed by atoms with Crippen LogP contribution >= 0.6 is 0 Å². The molecule has 9 heteroatoms. The molecule has 2 heterocycles. The first kappa shape index (κ1) is 32.8. The van der Waals surface area contributed by atoms with Crippen molar-refractivity contribution < 1.29 is 23.5 Å². The van der Waals surface area contributed by atoms with E-state index in [0.29, 0.717) is 12.1 Å². The van der Waals surface area contributed by atoms with Gasteiger partial charge in [0.25, 0.3) is 5.91 Å². The summed E-state index contributed by atoms with van der Waals surface area (Å²) in [6.45, 7) is 17.4. The summed E-state index contributed by atoms with van der Waals surface area (Å²) in [5, 5.41) is 16.0. The molecule has 0 radical (unpaired) electrons. The Labute approximate surface area is 276 Å². The SMILES string of the molecule is CC(C)(C)C(=O)n1ncc2cc3c(cc21)c(-c1ccc(C(=O)O)cc1)c(C1(CO[Si](C)(C)C(C)(C)C)CCC1)n3-c1ccc(F)cc1. The van der Waals surface area contributed by atoms with Crippen LogP contribution in [0.1, 0.15) is 81.7 Å². The molecular formula is C38H44FN3O4Si. The van der Waals surface area contributed by atoms with Gasteiger partial charge in [-0.25, -0.2) is 9.18 Å². The number of hydrogen-bond donors (Lipinski definition) is 1. The van der Waals surface area contributed by atoms with E-state index in [1.807, 2.05) is 39.0 Å². The number of halogens is 1. The zero-order valence-corrected chi connectivity index (χ0v) is 29.6. The first-order valence-electron chi connectivity index (χ1n) is 16.3. The van der Waals surface area contributed by atoms with Gasteiger partial charge >= 0.3 is 5.97 Å². The molecule has 246 valence electrons. The highest BCUT2D eigenvalue weighted by Gasteiger charge is 2.47. The molecule has 3 aromatic carbocycles. The van der Waals surface area contributed by atoms with E-state index in [-0.39, 0.29) is 27.7 Å². The molecule has 1 saturated carbocycles. The zero-order valence-electron chi connectivity index (χ0n) is 28.6. The van der Waals surface area contributed by atoms with E-state index in [0.717, 1.165) is 58.1 Å². The number of nitrogens with zero attached hydrogens (tertiary/aromatic N) is 3. The van der Waals surface area contributed by atoms with E-state index in [4.69, 9.17) is 4.43 Å². The second-order valence-electron chi connectivity index (χ2n) is 15.6. The number of carboxylic acids is 1. The number of carbonyl (C=O) groups excluding carboxylic acids is 1. The normalized spacial score (nSPS) is 15.3. The lowest BCUT2D eigenvalue weighted by atomic mass is 9.65. The number of fused-ring (bicyclic) bond motifs is 2. The molecule has 5 aromatic rings. The predicted molar refractivity (Wildman–Crippen MR) is 188 cm³/mol. The van der Waals surface area contributed by atoms with Gasteiger partial charge in [-0.3, -0.25) is 4.79 Å². The van der Waals surface area contributed by atoms with Crippen molar-refractivity contribution in [3.8, 4) is 16.8 Å². The molecule has 0 spiro atoms. The average molecular weight is 654 g/mol. The van der Waals surface area contributed by atoms with Crippen LogP contribution in [0.3, 0.4) is 0 Å². The standard InChI is InChI=1S/C38H44FN3O4Si/c1-36(2,3)35(45)42-30-21-29-31(20-26(30)22-40-42)41(28-16-14-27(39)15-17-28)33(32(29)24-10-12-25(13-11-24)34(43)44)38(18-9-19-38)23-46-47(7,8)37(4,5)6/h10-17,20-22H,9,18-19,23H2,1-8H3,(H,43,44). The van der Waals surface area contributed by atoms with Gasteiger partial charge in [0.1, 0.15) is 5.82 Å². The number of carbonyl (C=O) groups is 2. The highest BCUT2D eigenvalue weighted by atomic mass is 28.4. The molecule has 6 rings (SSSR count). The topological polar surface area (TPSA) is 86.3 Å². The quantitative estimate of drug-likeness (QED) is 0.177. The summed E-state index contributed by atoms with van der Waals surface area (Å²) in [6.07, 6.45) is 4.59. The minimum Gasteiger partial charge on any atom is -0.478 e. The van der Waals surface area contributed by atoms with Crippen molar-refractivity contribution in [1.29, 1.82) is 0 Å². The van der Waals surface area contributed by atoms with Crippen LogP contribution in [-0.2, 0) is 9.84 Å². The number of rotatable bonds is 7. The minimum absolute atomic E-state index is 0.0281. The molecule has 47 heavy (non-hydrogen) atoms. The summed E-state index contributed by atoms with van der Waals surface area (Å²) in [6, 6.07) is 17.6. The van der Waals surface area contributed by atoms with Crippen LogP contribution in [0, 0.1) is 11.2 Å². The van der Waals surface area contributed by atoms with Crippen LogP contribution in [0.15, 0.2) is 66.9 Å². The summed E-state index contributed by atoms with van der Waals surface area (Å²) >= 11 is 0. The number of hydrogen-bond acceptors (Lipinski definition) is 4. The molecule has 0 amide bonds. The van der Waals surface area contributed by atoms with Gasteiger partial charge in [-0.15, -0.1) is 0 Å². The minimum atomic E-state index is -2.13. The van der Waals surface area contributed by atoms with Crippen molar-refractivity contribution in [2.24, 2.45) is 5.41 Å². The third kappa shape index (κ3) is 5.63. The molecule has 0 atom stereocenters. The molecule has 7 nitrogen and oxygen atoms in total. The van der Waals surface area contributed by atoms with Crippen LogP contribution in [0.5, 0.6) is 0 Å². The molecule has 0 bridgehead atoms. The molecule has 1 fully saturated rings. The van der Waals surface area contributed by atoms with Crippen molar-refractivity contribution in [3.63, 3.8) is 0 Å². The van der Waals surface area contributed by atoms with Gasteiger partial charge in [-0.05, 0) is 85.1 Å². The van der Waals surface area contributed by atoms with Crippen molar-refractivity contribution in [2.45, 2.75) is 84.4 Å². The molecule has 0 aliphatic heterocycles. The van der Waals surface area contributed by atoms with E-state index in [9.17, 15) is 19.1 Å². The third-order valence-electron chi connectivity index (χ3n) is 10.3. The van der Waals surface area contributed by atoms with Gasteiger partial charge in [-0.1, -0.05) is 60.1 Å². The van der Waals surface area contributed by atoms with Gasteiger partial charge in [0.15, 0.2) is 8.32 Å². The maximum Gasteiger partial charge on any atom is 0.335 e. The van der Waals surface area contributed by atoms with Gasteiger partial charge in [-0.2, -0.15) is 9.78 Å². The van der Waals surface area contributed by atoms with Crippen molar-refractivity contribution in [2.75, 3.05) is 6.61 Å². The van der Waals surface area contributed by atoms with E-state index >= 15 is 0 Å². The third-order valence-corrected chi connectivity index (χ3v) is 14.8. The monoisotopic (exact) mass is 653 g/mol. The molecule has 0 unspecified atom stereocenters. The lowest BCUT2D eigenvalue weighted by Crippen LogP contribution is -2.48. The Hall–Kier alpha value is -4.08. The number of benzene rings is 3. The maximum absolute atomic E-state index is 14.3. The van der Waals surface area contributed by atoms with Crippen molar-refractivity contribution in [1.82, 2.24) is 14.3 Å². The number of aromatic carboxylic acids is 1. The summed E-state index contributed by atoms with van der Waals surface area (Å²) in [5.41, 5.74) is 4.50. The number of carboxylic acid groups (broad SMARTS) is 1. The highest BCUT2D eigenvalue weighted by molar-refractivity contribution is 6.74. The maximum atomic E-state index is 14.3. The Morgan fingerprint density at radius 1 is 0.957 bits per heavy atom. The van der Waals surface area contributed by atoms with E-state index < -0.39 is 19.7 Å². The Balaban J connectivity index is 1.71. The molecule has 2 aromatic heterocycles. The lowest BCUT2D eigenvalue weighted by Gasteiger charge is -2.47. The van der Waals surface area contributed by atoms with Gasteiger partial charge in [0.2, 0.25) is 0 Å². The predicted octanol–water partition coefficient (Wildman–Crippen LogP) is 9.61. The molecule has 0 saturated heterocycles. The van der Waals surface area contributed by atoms with Gasteiger partial charge in [0.05, 0.1) is 22.8 Å². The van der Waals surface area contributed by atoms with E-state index in [1.165, 1.54) is 16.8 Å². The van der Waals surface area contributed by atoms with Crippen LogP contribution < -0.4 is 0 Å². The lowest BCUT2D eigenvalue weighted by molar-refractivity contribution is 0.0696. The Morgan fingerprint density at radius 3 is 2.13 bits per heavy atom. The molecule has 1 N–H and O–H groups in total. The van der Waals surface area contributed by atoms with Gasteiger partial charge in [0, 0.05) is 45.2 Å². The van der Waals surface area contributed by atoms with Crippen LogP contribution in [0.4, 0.5) is 4.39 Å². The average Bonchev–Trinajstić information content (AvgIpc) is 3.53. The first-order valence-corrected chi connectivity index (χ1v) is 19.2. The number of aromatic nitrogens is 3. The fourth-order valence-corrected chi connectivity index (χ4v) is 7.38. The smallest absolute Gasteiger partial charge is 0.335 e. The summed E-state index contributed by atoms with van der Waals surface area (Å²) in [4.78, 5) is 25.4. The summed E-state index contributed by atoms with van der Waals surface area (Å²) in [5.74, 6) is -1.43.